The van der Waals surface area contributed by atoms with E-state index >= 15 is 0 Å². The molecule has 6 nitrogen and oxygen atoms in total. The van der Waals surface area contributed by atoms with Crippen molar-refractivity contribution in [2.75, 3.05) is 35.2 Å². The van der Waals surface area contributed by atoms with Crippen LogP contribution in [0.5, 0.6) is 0 Å². The van der Waals surface area contributed by atoms with E-state index in [1.165, 1.54) is 0 Å². The monoisotopic (exact) mass is 272 g/mol. The van der Waals surface area contributed by atoms with Gasteiger partial charge in [-0.2, -0.15) is 0 Å². The van der Waals surface area contributed by atoms with Crippen molar-refractivity contribution in [3.63, 3.8) is 0 Å². The Labute approximate surface area is 116 Å². The standard InChI is InChI=1S/C14H16N4O2/c1-10-8-13(17-20-10)16-14(19)9-18-7-6-15-11-4-2-3-5-12(11)18/h2-5,8,15H,6-7,9H2,1H3,(H,16,17,19). The Morgan fingerprint density at radius 1 is 1.50 bits per heavy atom. The van der Waals surface area contributed by atoms with Crippen LogP contribution in [0.4, 0.5) is 17.2 Å². The van der Waals surface area contributed by atoms with Crippen LogP contribution in [0.1, 0.15) is 5.76 Å². The quantitative estimate of drug-likeness (QED) is 0.892. The summed E-state index contributed by atoms with van der Waals surface area (Å²) in [5.41, 5.74) is 2.11. The van der Waals surface area contributed by atoms with E-state index in [0.717, 1.165) is 24.5 Å². The largest absolute Gasteiger partial charge is 0.382 e. The van der Waals surface area contributed by atoms with E-state index in [1.807, 2.05) is 29.2 Å². The molecule has 0 aliphatic carbocycles. The number of amides is 1. The maximum absolute atomic E-state index is 12.0. The number of benzene rings is 1. The molecule has 1 aromatic carbocycles. The minimum Gasteiger partial charge on any atom is -0.382 e. The van der Waals surface area contributed by atoms with Gasteiger partial charge in [-0.1, -0.05) is 17.3 Å². The molecule has 1 aliphatic rings. The van der Waals surface area contributed by atoms with Crippen LogP contribution in [-0.4, -0.2) is 30.7 Å². The van der Waals surface area contributed by atoms with Crippen molar-refractivity contribution in [2.24, 2.45) is 0 Å². The SMILES string of the molecule is Cc1cc(NC(=O)CN2CCNc3ccccc32)no1. The van der Waals surface area contributed by atoms with E-state index in [9.17, 15) is 4.79 Å². The molecule has 0 spiro atoms. The highest BCUT2D eigenvalue weighted by molar-refractivity contribution is 5.94. The average molecular weight is 272 g/mol. The normalized spacial score (nSPS) is 13.6. The van der Waals surface area contributed by atoms with Crippen LogP contribution >= 0.6 is 0 Å². The fraction of sp³-hybridized carbons (Fsp3) is 0.286. The van der Waals surface area contributed by atoms with Gasteiger partial charge in [0.15, 0.2) is 5.82 Å². The third-order valence-corrected chi connectivity index (χ3v) is 3.17. The molecule has 2 heterocycles. The summed E-state index contributed by atoms with van der Waals surface area (Å²) in [6.07, 6.45) is 0. The molecule has 0 fully saturated rings. The van der Waals surface area contributed by atoms with E-state index in [1.54, 1.807) is 13.0 Å². The number of fused-ring (bicyclic) bond motifs is 1. The molecule has 0 unspecified atom stereocenters. The lowest BCUT2D eigenvalue weighted by Gasteiger charge is -2.31. The molecule has 1 aromatic heterocycles. The van der Waals surface area contributed by atoms with E-state index in [2.05, 4.69) is 15.8 Å². The molecule has 0 bridgehead atoms. The zero-order valence-electron chi connectivity index (χ0n) is 11.2. The first-order chi connectivity index (χ1) is 9.72. The number of carbonyl (C=O) groups excluding carboxylic acids is 1. The smallest absolute Gasteiger partial charge is 0.245 e. The molecule has 0 atom stereocenters. The van der Waals surface area contributed by atoms with Crippen LogP contribution in [0.2, 0.25) is 0 Å². The molecule has 20 heavy (non-hydrogen) atoms. The van der Waals surface area contributed by atoms with Crippen LogP contribution in [0, 0.1) is 6.92 Å². The van der Waals surface area contributed by atoms with Crippen molar-refractivity contribution < 1.29 is 9.32 Å². The topological polar surface area (TPSA) is 70.4 Å². The van der Waals surface area contributed by atoms with Gasteiger partial charge in [-0.3, -0.25) is 4.79 Å². The van der Waals surface area contributed by atoms with Crippen molar-refractivity contribution in [2.45, 2.75) is 6.92 Å². The van der Waals surface area contributed by atoms with E-state index in [4.69, 9.17) is 4.52 Å². The number of nitrogens with zero attached hydrogens (tertiary/aromatic N) is 2. The molecular weight excluding hydrogens is 256 g/mol. The van der Waals surface area contributed by atoms with Gasteiger partial charge in [0, 0.05) is 19.2 Å². The number of carbonyl (C=O) groups is 1. The lowest BCUT2D eigenvalue weighted by molar-refractivity contribution is -0.115. The molecule has 2 aromatic rings. The maximum atomic E-state index is 12.0. The minimum atomic E-state index is -0.102. The Kier molecular flexibility index (Phi) is 3.28. The molecule has 0 saturated heterocycles. The predicted octanol–water partition coefficient (Wildman–Crippen LogP) is 1.85. The van der Waals surface area contributed by atoms with Gasteiger partial charge in [0.25, 0.3) is 0 Å². The van der Waals surface area contributed by atoms with Crippen molar-refractivity contribution >= 4 is 23.1 Å². The minimum absolute atomic E-state index is 0.102. The number of aryl methyl sites for hydroxylation is 1. The molecule has 1 aliphatic heterocycles. The van der Waals surface area contributed by atoms with Crippen LogP contribution in [0.3, 0.4) is 0 Å². The van der Waals surface area contributed by atoms with E-state index < -0.39 is 0 Å². The number of nitrogens with one attached hydrogen (secondary N) is 2. The van der Waals surface area contributed by atoms with Crippen LogP contribution in [0.15, 0.2) is 34.9 Å². The Balaban J connectivity index is 1.68. The molecule has 104 valence electrons. The Morgan fingerprint density at radius 3 is 3.15 bits per heavy atom. The zero-order valence-corrected chi connectivity index (χ0v) is 11.2. The van der Waals surface area contributed by atoms with Crippen LogP contribution < -0.4 is 15.5 Å². The van der Waals surface area contributed by atoms with Crippen molar-refractivity contribution in [3.05, 3.63) is 36.1 Å². The summed E-state index contributed by atoms with van der Waals surface area (Å²) in [5.74, 6) is 1.03. The molecular formula is C14H16N4O2. The van der Waals surface area contributed by atoms with Crippen LogP contribution in [-0.2, 0) is 4.79 Å². The lowest BCUT2D eigenvalue weighted by Crippen LogP contribution is -2.39. The summed E-state index contributed by atoms with van der Waals surface area (Å²) in [6, 6.07) is 9.67. The second-order valence-corrected chi connectivity index (χ2v) is 4.74. The molecule has 1 amide bonds. The number of rotatable bonds is 3. The fourth-order valence-electron chi connectivity index (χ4n) is 2.29. The van der Waals surface area contributed by atoms with Crippen LogP contribution in [0.25, 0.3) is 0 Å². The Hall–Kier alpha value is -2.50. The predicted molar refractivity (Wildman–Crippen MR) is 77.0 cm³/mol. The number of hydrogen-bond donors (Lipinski definition) is 2. The number of aromatic nitrogens is 1. The molecule has 3 rings (SSSR count). The third-order valence-electron chi connectivity index (χ3n) is 3.17. The number of hydrogen-bond acceptors (Lipinski definition) is 5. The Bertz CT molecular complexity index is 623. The highest BCUT2D eigenvalue weighted by atomic mass is 16.5. The zero-order chi connectivity index (χ0) is 13.9. The van der Waals surface area contributed by atoms with Crippen molar-refractivity contribution in [1.82, 2.24) is 5.16 Å². The summed E-state index contributed by atoms with van der Waals surface area (Å²) in [4.78, 5) is 14.1. The first-order valence-corrected chi connectivity index (χ1v) is 6.53. The van der Waals surface area contributed by atoms with Gasteiger partial charge < -0.3 is 20.1 Å². The second kappa shape index (κ2) is 5.24. The Morgan fingerprint density at radius 2 is 2.35 bits per heavy atom. The summed E-state index contributed by atoms with van der Waals surface area (Å²) in [5, 5.41) is 9.81. The molecule has 0 radical (unpaired) electrons. The van der Waals surface area contributed by atoms with Crippen molar-refractivity contribution in [1.29, 1.82) is 0 Å². The van der Waals surface area contributed by atoms with Gasteiger partial charge in [-0.05, 0) is 19.1 Å². The highest BCUT2D eigenvalue weighted by Gasteiger charge is 2.18. The lowest BCUT2D eigenvalue weighted by atomic mass is 10.2. The molecule has 6 heteroatoms. The van der Waals surface area contributed by atoms with Gasteiger partial charge in [-0.15, -0.1) is 0 Å². The fourth-order valence-corrected chi connectivity index (χ4v) is 2.29. The van der Waals surface area contributed by atoms with E-state index in [0.29, 0.717) is 18.1 Å². The first-order valence-electron chi connectivity index (χ1n) is 6.53. The van der Waals surface area contributed by atoms with Gasteiger partial charge >= 0.3 is 0 Å². The average Bonchev–Trinajstić information content (AvgIpc) is 2.84. The van der Waals surface area contributed by atoms with Gasteiger partial charge in [-0.25, -0.2) is 0 Å². The summed E-state index contributed by atoms with van der Waals surface area (Å²) < 4.78 is 4.92. The maximum Gasteiger partial charge on any atom is 0.245 e. The number of anilines is 3. The van der Waals surface area contributed by atoms with Gasteiger partial charge in [0.2, 0.25) is 5.91 Å². The second-order valence-electron chi connectivity index (χ2n) is 4.74. The first kappa shape index (κ1) is 12.5. The van der Waals surface area contributed by atoms with Gasteiger partial charge in [0.1, 0.15) is 5.76 Å². The van der Waals surface area contributed by atoms with E-state index in [-0.39, 0.29) is 5.91 Å². The summed E-state index contributed by atoms with van der Waals surface area (Å²) in [6.45, 7) is 3.70. The van der Waals surface area contributed by atoms with Crippen molar-refractivity contribution in [3.8, 4) is 0 Å². The summed E-state index contributed by atoms with van der Waals surface area (Å²) in [7, 11) is 0. The highest BCUT2D eigenvalue weighted by Crippen LogP contribution is 2.27. The molecule has 2 N–H and O–H groups in total. The third kappa shape index (κ3) is 2.59. The molecule has 0 saturated carbocycles. The number of para-hydroxylation sites is 2. The summed E-state index contributed by atoms with van der Waals surface area (Å²) >= 11 is 0. The van der Waals surface area contributed by atoms with Gasteiger partial charge in [0.05, 0.1) is 17.9 Å².